The molecule has 0 radical (unpaired) electrons. The van der Waals surface area contributed by atoms with E-state index in [0.717, 1.165) is 22.3 Å². The standard InChI is InChI=1S/C26H32N2O6/c1-5-26(6-2,24(31)27-22(23(29)30)16(3)33-4)28-25(32)34-15-21-19-13-9-7-11-17(19)18-12-8-10-14-20(18)21/h7-14,16,21-22H,5-6,15H2,1-4H3,(H,27,31)(H,28,32)(H,29,30)/t16-,22+/m1/s1. The molecule has 1 aliphatic rings. The molecule has 8 nitrogen and oxygen atoms in total. The average Bonchev–Trinajstić information content (AvgIpc) is 3.17. The highest BCUT2D eigenvalue weighted by molar-refractivity contribution is 5.93. The first-order chi connectivity index (χ1) is 16.3. The quantitative estimate of drug-likeness (QED) is 0.490. The van der Waals surface area contributed by atoms with Crippen LogP contribution in [-0.2, 0) is 19.1 Å². The molecule has 2 aromatic rings. The number of methoxy groups -OCH3 is 1. The normalized spacial score (nSPS) is 14.5. The zero-order chi connectivity index (χ0) is 24.9. The molecule has 2 aromatic carbocycles. The summed E-state index contributed by atoms with van der Waals surface area (Å²) in [6.07, 6.45) is -0.963. The molecule has 0 spiro atoms. The van der Waals surface area contributed by atoms with Gasteiger partial charge in [0.1, 0.15) is 12.1 Å². The molecule has 0 unspecified atom stereocenters. The minimum Gasteiger partial charge on any atom is -0.480 e. The van der Waals surface area contributed by atoms with Crippen molar-refractivity contribution in [1.29, 1.82) is 0 Å². The van der Waals surface area contributed by atoms with Crippen LogP contribution in [0.3, 0.4) is 0 Å². The maximum absolute atomic E-state index is 13.1. The van der Waals surface area contributed by atoms with Crippen molar-refractivity contribution in [3.63, 3.8) is 0 Å². The van der Waals surface area contributed by atoms with Crippen LogP contribution in [0, 0.1) is 0 Å². The third kappa shape index (κ3) is 4.92. The highest BCUT2D eigenvalue weighted by Crippen LogP contribution is 2.44. The monoisotopic (exact) mass is 468 g/mol. The SMILES string of the molecule is CCC(CC)(NC(=O)OCC1c2ccccc2-c2ccccc21)C(=O)N[C@H](C(=O)O)[C@@H](C)OC. The molecule has 1 aliphatic carbocycles. The first-order valence-electron chi connectivity index (χ1n) is 11.5. The lowest BCUT2D eigenvalue weighted by atomic mass is 9.91. The number of hydrogen-bond donors (Lipinski definition) is 3. The van der Waals surface area contributed by atoms with E-state index in [1.54, 1.807) is 20.8 Å². The summed E-state index contributed by atoms with van der Waals surface area (Å²) in [5, 5.41) is 14.7. The lowest BCUT2D eigenvalue weighted by Crippen LogP contribution is -2.62. The number of amides is 2. The Balaban J connectivity index is 1.72. The van der Waals surface area contributed by atoms with Gasteiger partial charge in [-0.1, -0.05) is 62.4 Å². The van der Waals surface area contributed by atoms with Crippen molar-refractivity contribution in [3.8, 4) is 11.1 Å². The van der Waals surface area contributed by atoms with Gasteiger partial charge in [0.15, 0.2) is 6.04 Å². The average molecular weight is 469 g/mol. The molecule has 0 fully saturated rings. The molecular weight excluding hydrogens is 436 g/mol. The topological polar surface area (TPSA) is 114 Å². The van der Waals surface area contributed by atoms with E-state index in [1.807, 2.05) is 36.4 Å². The lowest BCUT2D eigenvalue weighted by Gasteiger charge is -2.33. The van der Waals surface area contributed by atoms with Crippen molar-refractivity contribution in [3.05, 3.63) is 59.7 Å². The van der Waals surface area contributed by atoms with E-state index in [-0.39, 0.29) is 25.4 Å². The van der Waals surface area contributed by atoms with Gasteiger partial charge in [0.25, 0.3) is 0 Å². The Morgan fingerprint density at radius 3 is 2.00 bits per heavy atom. The summed E-state index contributed by atoms with van der Waals surface area (Å²) in [5.74, 6) is -1.92. The highest BCUT2D eigenvalue weighted by Gasteiger charge is 2.40. The summed E-state index contributed by atoms with van der Waals surface area (Å²) in [7, 11) is 1.37. The van der Waals surface area contributed by atoms with Gasteiger partial charge < -0.3 is 25.2 Å². The molecule has 0 aliphatic heterocycles. The van der Waals surface area contributed by atoms with Gasteiger partial charge in [-0.3, -0.25) is 4.79 Å². The summed E-state index contributed by atoms with van der Waals surface area (Å²) < 4.78 is 10.7. The summed E-state index contributed by atoms with van der Waals surface area (Å²) in [4.78, 5) is 37.5. The van der Waals surface area contributed by atoms with Crippen LogP contribution in [0.15, 0.2) is 48.5 Å². The van der Waals surface area contributed by atoms with Crippen molar-refractivity contribution in [2.75, 3.05) is 13.7 Å². The van der Waals surface area contributed by atoms with E-state index in [0.29, 0.717) is 0 Å². The van der Waals surface area contributed by atoms with Gasteiger partial charge in [-0.05, 0) is 42.0 Å². The molecule has 0 saturated heterocycles. The molecule has 182 valence electrons. The van der Waals surface area contributed by atoms with E-state index in [1.165, 1.54) is 7.11 Å². The van der Waals surface area contributed by atoms with Gasteiger partial charge in [0, 0.05) is 13.0 Å². The number of carboxylic acids is 1. The number of alkyl carbamates (subject to hydrolysis) is 1. The summed E-state index contributed by atoms with van der Waals surface area (Å²) in [6.45, 7) is 5.17. The van der Waals surface area contributed by atoms with Gasteiger partial charge >= 0.3 is 12.1 Å². The second-order valence-electron chi connectivity index (χ2n) is 8.47. The molecule has 3 N–H and O–H groups in total. The van der Waals surface area contributed by atoms with Crippen LogP contribution in [0.1, 0.15) is 50.7 Å². The van der Waals surface area contributed by atoms with E-state index in [4.69, 9.17) is 9.47 Å². The Kier molecular flexibility index (Phi) is 7.94. The zero-order valence-electron chi connectivity index (χ0n) is 20.0. The molecule has 8 heteroatoms. The molecule has 0 aromatic heterocycles. The fraction of sp³-hybridized carbons (Fsp3) is 0.423. The van der Waals surface area contributed by atoms with Gasteiger partial charge in [-0.2, -0.15) is 0 Å². The van der Waals surface area contributed by atoms with E-state index in [2.05, 4.69) is 22.8 Å². The van der Waals surface area contributed by atoms with Crippen LogP contribution in [0.4, 0.5) is 4.79 Å². The van der Waals surface area contributed by atoms with Crippen molar-refractivity contribution in [1.82, 2.24) is 10.6 Å². The van der Waals surface area contributed by atoms with Crippen molar-refractivity contribution < 1.29 is 29.0 Å². The van der Waals surface area contributed by atoms with Gasteiger partial charge in [-0.25, -0.2) is 9.59 Å². The maximum Gasteiger partial charge on any atom is 0.408 e. The summed E-state index contributed by atoms with van der Waals surface area (Å²) in [5.41, 5.74) is 3.10. The minimum absolute atomic E-state index is 0.108. The van der Waals surface area contributed by atoms with E-state index >= 15 is 0 Å². The Labute approximate surface area is 199 Å². The predicted octanol–water partition coefficient (Wildman–Crippen LogP) is 3.69. The van der Waals surface area contributed by atoms with Crippen LogP contribution in [0.25, 0.3) is 11.1 Å². The molecule has 34 heavy (non-hydrogen) atoms. The number of hydrogen-bond acceptors (Lipinski definition) is 5. The largest absolute Gasteiger partial charge is 0.480 e. The molecular formula is C26H32N2O6. The first-order valence-corrected chi connectivity index (χ1v) is 11.5. The van der Waals surface area contributed by atoms with Crippen LogP contribution < -0.4 is 10.6 Å². The lowest BCUT2D eigenvalue weighted by molar-refractivity contribution is -0.146. The van der Waals surface area contributed by atoms with Crippen LogP contribution in [0.5, 0.6) is 0 Å². The van der Waals surface area contributed by atoms with E-state index < -0.39 is 35.7 Å². The smallest absolute Gasteiger partial charge is 0.408 e. The summed E-state index contributed by atoms with van der Waals surface area (Å²) >= 11 is 0. The zero-order valence-corrected chi connectivity index (χ0v) is 20.0. The fourth-order valence-corrected chi connectivity index (χ4v) is 4.43. The molecule has 2 amide bonds. The number of ether oxygens (including phenoxy) is 2. The third-order valence-corrected chi connectivity index (χ3v) is 6.72. The van der Waals surface area contributed by atoms with Gasteiger partial charge in [0.2, 0.25) is 5.91 Å². The van der Waals surface area contributed by atoms with Gasteiger partial charge in [-0.15, -0.1) is 0 Å². The molecule has 2 atom stereocenters. The Morgan fingerprint density at radius 2 is 1.53 bits per heavy atom. The van der Waals surface area contributed by atoms with Crippen LogP contribution in [0.2, 0.25) is 0 Å². The second kappa shape index (κ2) is 10.7. The molecule has 3 rings (SSSR count). The van der Waals surface area contributed by atoms with Crippen LogP contribution >= 0.6 is 0 Å². The van der Waals surface area contributed by atoms with Crippen LogP contribution in [-0.4, -0.2) is 54.5 Å². The minimum atomic E-state index is -1.32. The molecule has 0 bridgehead atoms. The van der Waals surface area contributed by atoms with Crippen molar-refractivity contribution in [2.45, 2.75) is 57.2 Å². The highest BCUT2D eigenvalue weighted by atomic mass is 16.5. The second-order valence-corrected chi connectivity index (χ2v) is 8.47. The Hall–Kier alpha value is -3.39. The van der Waals surface area contributed by atoms with Crippen molar-refractivity contribution in [2.24, 2.45) is 0 Å². The van der Waals surface area contributed by atoms with Crippen molar-refractivity contribution >= 4 is 18.0 Å². The Bertz CT molecular complexity index is 1000. The number of aliphatic carboxylic acids is 1. The number of fused-ring (bicyclic) bond motifs is 3. The fourth-order valence-electron chi connectivity index (χ4n) is 4.43. The number of carboxylic acid groups (broad SMARTS) is 1. The third-order valence-electron chi connectivity index (χ3n) is 6.72. The number of benzene rings is 2. The van der Waals surface area contributed by atoms with Gasteiger partial charge in [0.05, 0.1) is 6.10 Å². The number of nitrogens with one attached hydrogen (secondary N) is 2. The number of carbonyl (C=O) groups is 3. The maximum atomic E-state index is 13.1. The predicted molar refractivity (Wildman–Crippen MR) is 128 cm³/mol. The first kappa shape index (κ1) is 25.2. The van der Waals surface area contributed by atoms with E-state index in [9.17, 15) is 19.5 Å². The summed E-state index contributed by atoms with van der Waals surface area (Å²) in [6, 6.07) is 14.8. The molecule has 0 heterocycles. The number of carbonyl (C=O) groups excluding carboxylic acids is 2. The Morgan fingerprint density at radius 1 is 1.00 bits per heavy atom. The molecule has 0 saturated carbocycles. The number of rotatable bonds is 10.